The minimum absolute atomic E-state index is 0.0224. The highest BCUT2D eigenvalue weighted by Gasteiger charge is 2.26. The third kappa shape index (κ3) is 4.99. The number of rotatable bonds is 8. The van der Waals surface area contributed by atoms with Gasteiger partial charge in [-0.25, -0.2) is 4.98 Å². The Kier molecular flexibility index (Phi) is 5.28. The Balaban J connectivity index is 1.76. The maximum absolute atomic E-state index is 12.2. The number of aromatic nitrogens is 2. The number of ether oxygens (including phenoxy) is 1. The molecule has 1 fully saturated rings. The fourth-order valence-electron chi connectivity index (χ4n) is 2.32. The van der Waals surface area contributed by atoms with Gasteiger partial charge in [0.2, 0.25) is 5.95 Å². The second kappa shape index (κ2) is 7.60. The molecule has 3 rings (SSSR count). The molecule has 8 heteroatoms. The normalized spacial score (nSPS) is 15.1. The molecule has 0 unspecified atom stereocenters. The van der Waals surface area contributed by atoms with Crippen molar-refractivity contribution in [3.63, 3.8) is 0 Å². The first-order valence-electron chi connectivity index (χ1n) is 8.12. The Morgan fingerprint density at radius 2 is 1.96 bits per heavy atom. The first-order valence-corrected chi connectivity index (χ1v) is 8.12. The average Bonchev–Trinajstić information content (AvgIpc) is 3.41. The fourth-order valence-corrected chi connectivity index (χ4v) is 2.32. The molecule has 0 amide bonds. The van der Waals surface area contributed by atoms with E-state index in [-0.39, 0.29) is 18.4 Å². The van der Waals surface area contributed by atoms with Gasteiger partial charge in [-0.05, 0) is 44.0 Å². The van der Waals surface area contributed by atoms with Crippen molar-refractivity contribution in [3.8, 4) is 5.75 Å². The van der Waals surface area contributed by atoms with Crippen molar-refractivity contribution in [1.82, 2.24) is 9.97 Å². The number of alkyl halides is 2. The Hall–Kier alpha value is -2.48. The molecular weight excluding hydrogens is 330 g/mol. The predicted octanol–water partition coefficient (Wildman–Crippen LogP) is 3.49. The van der Waals surface area contributed by atoms with Crippen LogP contribution in [0.2, 0.25) is 0 Å². The van der Waals surface area contributed by atoms with Crippen LogP contribution < -0.4 is 15.4 Å². The zero-order chi connectivity index (χ0) is 17.8. The van der Waals surface area contributed by atoms with Crippen molar-refractivity contribution in [2.75, 3.05) is 17.2 Å². The molecular formula is C17H20F2N4O2. The van der Waals surface area contributed by atoms with Crippen molar-refractivity contribution >= 4 is 17.5 Å². The van der Waals surface area contributed by atoms with Gasteiger partial charge in [-0.2, -0.15) is 13.8 Å². The second-order valence-electron chi connectivity index (χ2n) is 6.03. The van der Waals surface area contributed by atoms with E-state index in [0.29, 0.717) is 23.4 Å². The van der Waals surface area contributed by atoms with E-state index in [4.69, 9.17) is 0 Å². The number of aliphatic hydroxyl groups is 1. The van der Waals surface area contributed by atoms with Crippen molar-refractivity contribution in [3.05, 3.63) is 36.0 Å². The summed E-state index contributed by atoms with van der Waals surface area (Å²) in [6.45, 7) is -1.03. The Bertz CT molecular complexity index is 708. The summed E-state index contributed by atoms with van der Waals surface area (Å²) >= 11 is 0. The molecule has 3 N–H and O–H groups in total. The van der Waals surface area contributed by atoms with Crippen molar-refractivity contribution < 1.29 is 18.6 Å². The van der Waals surface area contributed by atoms with Gasteiger partial charge in [-0.3, -0.25) is 0 Å². The first kappa shape index (κ1) is 17.3. The summed E-state index contributed by atoms with van der Waals surface area (Å²) < 4.78 is 28.7. The molecule has 1 aliphatic carbocycles. The van der Waals surface area contributed by atoms with Crippen LogP contribution in [0.5, 0.6) is 5.75 Å². The van der Waals surface area contributed by atoms with E-state index in [1.807, 2.05) is 13.0 Å². The molecule has 0 radical (unpaired) electrons. The summed E-state index contributed by atoms with van der Waals surface area (Å²) in [4.78, 5) is 8.90. The van der Waals surface area contributed by atoms with Gasteiger partial charge in [0.1, 0.15) is 11.6 Å². The lowest BCUT2D eigenvalue weighted by Gasteiger charge is -2.14. The van der Waals surface area contributed by atoms with Crippen LogP contribution in [-0.4, -0.2) is 34.3 Å². The monoisotopic (exact) mass is 350 g/mol. The lowest BCUT2D eigenvalue weighted by atomic mass is 10.2. The lowest BCUT2D eigenvalue weighted by molar-refractivity contribution is -0.0498. The SMILES string of the molecule is C[C@@H](CO)Nc1nc(Nc2ccc(OC(F)F)cc2)cc(C2CC2)n1. The Labute approximate surface area is 144 Å². The highest BCUT2D eigenvalue weighted by molar-refractivity contribution is 5.59. The zero-order valence-corrected chi connectivity index (χ0v) is 13.7. The van der Waals surface area contributed by atoms with E-state index in [0.717, 1.165) is 18.5 Å². The van der Waals surface area contributed by atoms with Crippen LogP contribution in [0.3, 0.4) is 0 Å². The van der Waals surface area contributed by atoms with E-state index >= 15 is 0 Å². The smallest absolute Gasteiger partial charge is 0.387 e. The number of aliphatic hydroxyl groups excluding tert-OH is 1. The van der Waals surface area contributed by atoms with E-state index in [1.165, 1.54) is 12.1 Å². The van der Waals surface area contributed by atoms with Crippen LogP contribution in [0, 0.1) is 0 Å². The summed E-state index contributed by atoms with van der Waals surface area (Å²) in [5.41, 5.74) is 1.64. The van der Waals surface area contributed by atoms with Gasteiger partial charge in [-0.15, -0.1) is 0 Å². The molecule has 134 valence electrons. The van der Waals surface area contributed by atoms with Crippen LogP contribution in [0.1, 0.15) is 31.4 Å². The highest BCUT2D eigenvalue weighted by Crippen LogP contribution is 2.40. The van der Waals surface area contributed by atoms with Gasteiger partial charge in [0, 0.05) is 23.7 Å². The number of halogens is 2. The molecule has 1 heterocycles. The number of hydrogen-bond acceptors (Lipinski definition) is 6. The van der Waals surface area contributed by atoms with Crippen LogP contribution >= 0.6 is 0 Å². The fraction of sp³-hybridized carbons (Fsp3) is 0.412. The van der Waals surface area contributed by atoms with Gasteiger partial charge in [0.25, 0.3) is 0 Å². The summed E-state index contributed by atoms with van der Waals surface area (Å²) in [7, 11) is 0. The molecule has 1 aliphatic rings. The minimum atomic E-state index is -2.84. The molecule has 0 bridgehead atoms. The standard InChI is InChI=1S/C17H20F2N4O2/c1-10(9-24)20-17-22-14(11-2-3-11)8-15(23-17)21-12-4-6-13(7-5-12)25-16(18)19/h4-8,10-11,16,24H,2-3,9H2,1H3,(H2,20,21,22,23)/t10-/m0/s1. The number of benzene rings is 1. The molecule has 6 nitrogen and oxygen atoms in total. The van der Waals surface area contributed by atoms with Gasteiger partial charge in [0.05, 0.1) is 12.3 Å². The van der Waals surface area contributed by atoms with E-state index in [1.54, 1.807) is 12.1 Å². The van der Waals surface area contributed by atoms with E-state index in [2.05, 4.69) is 25.3 Å². The Morgan fingerprint density at radius 3 is 2.56 bits per heavy atom. The molecule has 1 saturated carbocycles. The summed E-state index contributed by atoms with van der Waals surface area (Å²) in [6.07, 6.45) is 2.20. The molecule has 1 atom stereocenters. The van der Waals surface area contributed by atoms with Gasteiger partial charge < -0.3 is 20.5 Å². The van der Waals surface area contributed by atoms with Crippen molar-refractivity contribution in [1.29, 1.82) is 0 Å². The van der Waals surface area contributed by atoms with E-state index in [9.17, 15) is 13.9 Å². The van der Waals surface area contributed by atoms with Crippen LogP contribution in [-0.2, 0) is 0 Å². The van der Waals surface area contributed by atoms with Crippen LogP contribution in [0.25, 0.3) is 0 Å². The van der Waals surface area contributed by atoms with Crippen LogP contribution in [0.15, 0.2) is 30.3 Å². The summed E-state index contributed by atoms with van der Waals surface area (Å²) in [6, 6.07) is 7.93. The second-order valence-corrected chi connectivity index (χ2v) is 6.03. The predicted molar refractivity (Wildman–Crippen MR) is 90.5 cm³/mol. The third-order valence-corrected chi connectivity index (χ3v) is 3.74. The number of hydrogen-bond donors (Lipinski definition) is 3. The highest BCUT2D eigenvalue weighted by atomic mass is 19.3. The Morgan fingerprint density at radius 1 is 1.24 bits per heavy atom. The largest absolute Gasteiger partial charge is 0.435 e. The number of anilines is 3. The quantitative estimate of drug-likeness (QED) is 0.676. The molecule has 25 heavy (non-hydrogen) atoms. The molecule has 0 aliphatic heterocycles. The van der Waals surface area contributed by atoms with Crippen LogP contribution in [0.4, 0.5) is 26.2 Å². The van der Waals surface area contributed by atoms with Crippen molar-refractivity contribution in [2.45, 2.75) is 38.3 Å². The summed E-state index contributed by atoms with van der Waals surface area (Å²) in [5, 5.41) is 15.4. The third-order valence-electron chi connectivity index (χ3n) is 3.74. The first-order chi connectivity index (χ1) is 12.0. The maximum atomic E-state index is 12.2. The summed E-state index contributed by atoms with van der Waals surface area (Å²) in [5.74, 6) is 1.59. The average molecular weight is 350 g/mol. The van der Waals surface area contributed by atoms with Gasteiger partial charge in [0.15, 0.2) is 0 Å². The number of nitrogens with zero attached hydrogens (tertiary/aromatic N) is 2. The molecule has 2 aromatic rings. The maximum Gasteiger partial charge on any atom is 0.387 e. The van der Waals surface area contributed by atoms with Gasteiger partial charge in [-0.1, -0.05) is 0 Å². The van der Waals surface area contributed by atoms with Crippen molar-refractivity contribution in [2.24, 2.45) is 0 Å². The molecule has 0 spiro atoms. The lowest BCUT2D eigenvalue weighted by Crippen LogP contribution is -2.21. The van der Waals surface area contributed by atoms with Gasteiger partial charge >= 0.3 is 6.61 Å². The number of nitrogens with one attached hydrogen (secondary N) is 2. The topological polar surface area (TPSA) is 79.3 Å². The molecule has 0 saturated heterocycles. The minimum Gasteiger partial charge on any atom is -0.435 e. The van der Waals surface area contributed by atoms with E-state index < -0.39 is 6.61 Å². The molecule has 1 aromatic carbocycles. The zero-order valence-electron chi connectivity index (χ0n) is 13.7. The molecule has 1 aromatic heterocycles.